The first-order chi connectivity index (χ1) is 8.97. The number of carbonyl (C=O) groups is 1. The van der Waals surface area contributed by atoms with Crippen LogP contribution in [0.5, 0.6) is 0 Å². The highest BCUT2D eigenvalue weighted by Gasteiger charge is 2.23. The molecular weight excluding hydrogens is 248 g/mol. The summed E-state index contributed by atoms with van der Waals surface area (Å²) < 4.78 is 0. The highest BCUT2D eigenvalue weighted by atomic mass is 16.6. The molecule has 1 aromatic carbocycles. The molecule has 7 nitrogen and oxygen atoms in total. The molecule has 2 rings (SSSR count). The summed E-state index contributed by atoms with van der Waals surface area (Å²) in [6.07, 6.45) is 1.26. The van der Waals surface area contributed by atoms with Crippen LogP contribution in [0.3, 0.4) is 0 Å². The summed E-state index contributed by atoms with van der Waals surface area (Å²) in [6, 6.07) is 4.71. The number of anilines is 2. The quantitative estimate of drug-likeness (QED) is 0.485. The fourth-order valence-corrected chi connectivity index (χ4v) is 2.18. The fourth-order valence-electron chi connectivity index (χ4n) is 2.18. The molecule has 0 saturated carbocycles. The lowest BCUT2D eigenvalue weighted by Crippen LogP contribution is -2.43. The Morgan fingerprint density at radius 2 is 2.26 bits per heavy atom. The van der Waals surface area contributed by atoms with E-state index < -0.39 is 4.92 Å². The van der Waals surface area contributed by atoms with E-state index in [0.29, 0.717) is 13.0 Å². The van der Waals surface area contributed by atoms with E-state index in [1.54, 1.807) is 24.1 Å². The van der Waals surface area contributed by atoms with Gasteiger partial charge in [-0.25, -0.2) is 0 Å². The van der Waals surface area contributed by atoms with Gasteiger partial charge < -0.3 is 16.0 Å². The molecule has 1 saturated heterocycles. The number of benzene rings is 1. The van der Waals surface area contributed by atoms with Crippen LogP contribution >= 0.6 is 0 Å². The number of hydrogen-bond acceptors (Lipinski definition) is 5. The van der Waals surface area contributed by atoms with Crippen molar-refractivity contribution < 1.29 is 9.72 Å². The van der Waals surface area contributed by atoms with Crippen LogP contribution in [0, 0.1) is 10.1 Å². The number of carbonyl (C=O) groups excluding carboxylic acids is 1. The molecule has 0 aliphatic carbocycles. The number of likely N-dealkylation sites (tertiary alicyclic amines) is 1. The lowest BCUT2D eigenvalue weighted by molar-refractivity contribution is -0.383. The van der Waals surface area contributed by atoms with Gasteiger partial charge in [0.05, 0.1) is 4.92 Å². The Morgan fingerprint density at radius 3 is 2.84 bits per heavy atom. The van der Waals surface area contributed by atoms with E-state index in [4.69, 9.17) is 5.73 Å². The third-order valence-corrected chi connectivity index (χ3v) is 3.22. The van der Waals surface area contributed by atoms with E-state index in [-0.39, 0.29) is 23.3 Å². The topological polar surface area (TPSA) is 102 Å². The van der Waals surface area contributed by atoms with Crippen molar-refractivity contribution in [3.63, 3.8) is 0 Å². The number of nitrogens with one attached hydrogen (secondary N) is 1. The highest BCUT2D eigenvalue weighted by Crippen LogP contribution is 2.26. The first kappa shape index (κ1) is 13.1. The van der Waals surface area contributed by atoms with Crippen LogP contribution in [0.2, 0.25) is 0 Å². The summed E-state index contributed by atoms with van der Waals surface area (Å²) in [5.41, 5.74) is 6.40. The van der Waals surface area contributed by atoms with Gasteiger partial charge in [0.15, 0.2) is 0 Å². The smallest absolute Gasteiger partial charge is 0.292 e. The first-order valence-corrected chi connectivity index (χ1v) is 6.02. The van der Waals surface area contributed by atoms with Crippen molar-refractivity contribution in [1.82, 2.24) is 4.90 Å². The van der Waals surface area contributed by atoms with Crippen LogP contribution in [0.4, 0.5) is 17.1 Å². The number of nitro groups is 1. The van der Waals surface area contributed by atoms with Gasteiger partial charge in [-0.05, 0) is 18.6 Å². The van der Waals surface area contributed by atoms with Gasteiger partial charge in [-0.1, -0.05) is 0 Å². The first-order valence-electron chi connectivity index (χ1n) is 6.02. The molecule has 7 heteroatoms. The summed E-state index contributed by atoms with van der Waals surface area (Å²) in [7, 11) is 1.76. The number of nitro benzene ring substituents is 1. The molecule has 3 N–H and O–H groups in total. The van der Waals surface area contributed by atoms with E-state index in [9.17, 15) is 14.9 Å². The minimum atomic E-state index is -0.508. The average Bonchev–Trinajstić information content (AvgIpc) is 2.33. The molecule has 0 radical (unpaired) electrons. The van der Waals surface area contributed by atoms with Crippen molar-refractivity contribution in [3.8, 4) is 0 Å². The van der Waals surface area contributed by atoms with Gasteiger partial charge in [0.2, 0.25) is 5.91 Å². The molecule has 1 aromatic rings. The second kappa shape index (κ2) is 5.13. The lowest BCUT2D eigenvalue weighted by atomic mass is 10.1. The van der Waals surface area contributed by atoms with Crippen LogP contribution in [-0.4, -0.2) is 35.4 Å². The molecule has 1 aliphatic rings. The normalized spacial score (nSPS) is 19.3. The van der Waals surface area contributed by atoms with Crippen molar-refractivity contribution in [2.75, 3.05) is 24.6 Å². The third-order valence-electron chi connectivity index (χ3n) is 3.22. The fraction of sp³-hybridized carbons (Fsp3) is 0.417. The summed E-state index contributed by atoms with van der Waals surface area (Å²) >= 11 is 0. The molecular formula is C12H16N4O3. The number of nitrogens with zero attached hydrogens (tertiary/aromatic N) is 2. The molecule has 19 heavy (non-hydrogen) atoms. The van der Waals surface area contributed by atoms with Gasteiger partial charge in [0.25, 0.3) is 5.69 Å². The zero-order chi connectivity index (χ0) is 14.0. The molecule has 1 fully saturated rings. The van der Waals surface area contributed by atoms with Crippen LogP contribution < -0.4 is 11.1 Å². The maximum absolute atomic E-state index is 11.4. The van der Waals surface area contributed by atoms with Crippen molar-refractivity contribution >= 4 is 23.0 Å². The third kappa shape index (κ3) is 2.93. The molecule has 102 valence electrons. The Kier molecular flexibility index (Phi) is 3.55. The summed E-state index contributed by atoms with van der Waals surface area (Å²) in [5, 5.41) is 13.9. The largest absolute Gasteiger partial charge is 0.393 e. The van der Waals surface area contributed by atoms with Gasteiger partial charge >= 0.3 is 0 Å². The molecule has 1 heterocycles. The molecule has 0 spiro atoms. The number of likely N-dealkylation sites (N-methyl/N-ethyl adjacent to an activating group) is 1. The number of amides is 1. The average molecular weight is 264 g/mol. The molecule has 0 bridgehead atoms. The SMILES string of the molecule is CN1CC(Nc2ccc([N+](=O)[O-])c(N)c2)CCC1=O. The van der Waals surface area contributed by atoms with Crippen LogP contribution in [0.25, 0.3) is 0 Å². The highest BCUT2D eigenvalue weighted by molar-refractivity contribution is 5.77. The molecule has 0 aromatic heterocycles. The van der Waals surface area contributed by atoms with Gasteiger partial charge in [-0.3, -0.25) is 14.9 Å². The lowest BCUT2D eigenvalue weighted by Gasteiger charge is -2.30. The van der Waals surface area contributed by atoms with Crippen LogP contribution in [0.1, 0.15) is 12.8 Å². The number of hydrogen-bond donors (Lipinski definition) is 2. The molecule has 1 atom stereocenters. The Labute approximate surface area is 110 Å². The maximum Gasteiger partial charge on any atom is 0.292 e. The Morgan fingerprint density at radius 1 is 1.53 bits per heavy atom. The molecule has 1 unspecified atom stereocenters. The number of rotatable bonds is 3. The van der Waals surface area contributed by atoms with Gasteiger partial charge in [-0.2, -0.15) is 0 Å². The van der Waals surface area contributed by atoms with Gasteiger partial charge in [-0.15, -0.1) is 0 Å². The van der Waals surface area contributed by atoms with Crippen molar-refractivity contribution in [2.45, 2.75) is 18.9 Å². The minimum absolute atomic E-state index is 0.0958. The molecule has 1 aliphatic heterocycles. The summed E-state index contributed by atoms with van der Waals surface area (Å²) in [6.45, 7) is 0.621. The predicted molar refractivity (Wildman–Crippen MR) is 71.8 cm³/mol. The maximum atomic E-state index is 11.4. The summed E-state index contributed by atoms with van der Waals surface area (Å²) in [4.78, 5) is 23.2. The van der Waals surface area contributed by atoms with E-state index in [1.807, 2.05) is 0 Å². The van der Waals surface area contributed by atoms with Crippen molar-refractivity contribution in [2.24, 2.45) is 0 Å². The standard InChI is InChI=1S/C12H16N4O3/c1-15-7-9(3-5-12(15)17)14-8-2-4-11(16(18)19)10(13)6-8/h2,4,6,9,14H,3,5,7,13H2,1H3. The van der Waals surface area contributed by atoms with E-state index >= 15 is 0 Å². The minimum Gasteiger partial charge on any atom is -0.393 e. The van der Waals surface area contributed by atoms with Crippen LogP contribution in [-0.2, 0) is 4.79 Å². The second-order valence-electron chi connectivity index (χ2n) is 4.68. The molecule has 1 amide bonds. The zero-order valence-electron chi connectivity index (χ0n) is 10.6. The van der Waals surface area contributed by atoms with Crippen LogP contribution in [0.15, 0.2) is 18.2 Å². The number of piperidine rings is 1. The van der Waals surface area contributed by atoms with Gasteiger partial charge in [0.1, 0.15) is 5.69 Å². The summed E-state index contributed by atoms with van der Waals surface area (Å²) in [5.74, 6) is 0.140. The Balaban J connectivity index is 2.06. The van der Waals surface area contributed by atoms with Crippen molar-refractivity contribution in [3.05, 3.63) is 28.3 Å². The Hall–Kier alpha value is -2.31. The van der Waals surface area contributed by atoms with E-state index in [1.165, 1.54) is 6.07 Å². The predicted octanol–water partition coefficient (Wildman–Crippen LogP) is 1.21. The zero-order valence-corrected chi connectivity index (χ0v) is 10.6. The monoisotopic (exact) mass is 264 g/mol. The number of nitrogen functional groups attached to an aromatic ring is 1. The van der Waals surface area contributed by atoms with E-state index in [0.717, 1.165) is 12.1 Å². The van der Waals surface area contributed by atoms with E-state index in [2.05, 4.69) is 5.32 Å². The number of nitrogens with two attached hydrogens (primary N) is 1. The Bertz CT molecular complexity index is 518. The van der Waals surface area contributed by atoms with Gasteiger partial charge in [0, 0.05) is 37.8 Å². The van der Waals surface area contributed by atoms with Crippen molar-refractivity contribution in [1.29, 1.82) is 0 Å². The second-order valence-corrected chi connectivity index (χ2v) is 4.68.